The number of hydrogen-bond donors (Lipinski definition) is 1. The van der Waals surface area contributed by atoms with Crippen LogP contribution >= 0.6 is 0 Å². The number of nitrogens with one attached hydrogen (secondary N) is 1. The Morgan fingerprint density at radius 1 is 1.36 bits per heavy atom. The Hall–Kier alpha value is -1.41. The van der Waals surface area contributed by atoms with Crippen LogP contribution < -0.4 is 5.32 Å². The van der Waals surface area contributed by atoms with Crippen LogP contribution in [-0.2, 0) is 9.47 Å². The molecule has 120 valence electrons. The number of nitrogens with zero attached hydrogens (tertiary/aromatic N) is 1. The van der Waals surface area contributed by atoms with Crippen molar-refractivity contribution in [3.05, 3.63) is 35.9 Å². The lowest BCUT2D eigenvalue weighted by Crippen LogP contribution is -2.56. The van der Waals surface area contributed by atoms with Gasteiger partial charge in [-0.3, -0.25) is 5.32 Å². The molecule has 0 bridgehead atoms. The summed E-state index contributed by atoms with van der Waals surface area (Å²) in [7, 11) is 0. The summed E-state index contributed by atoms with van der Waals surface area (Å²) in [5, 5.41) is 13.0. The number of benzene rings is 1. The van der Waals surface area contributed by atoms with Gasteiger partial charge < -0.3 is 9.47 Å². The minimum atomic E-state index is -0.619. The van der Waals surface area contributed by atoms with E-state index in [1.54, 1.807) is 0 Å². The smallest absolute Gasteiger partial charge is 0.163 e. The molecule has 0 spiro atoms. The Morgan fingerprint density at radius 2 is 2.05 bits per heavy atom. The largest absolute Gasteiger partial charge is 0.349 e. The molecule has 4 nitrogen and oxygen atoms in total. The molecule has 1 aliphatic rings. The van der Waals surface area contributed by atoms with Crippen LogP contribution in [0.1, 0.15) is 52.2 Å². The van der Waals surface area contributed by atoms with Crippen LogP contribution in [-0.4, -0.2) is 24.0 Å². The molecule has 1 fully saturated rings. The van der Waals surface area contributed by atoms with Crippen molar-refractivity contribution < 1.29 is 9.47 Å². The summed E-state index contributed by atoms with van der Waals surface area (Å²) in [6.07, 6.45) is 1.62. The average molecular weight is 302 g/mol. The third kappa shape index (κ3) is 4.07. The van der Waals surface area contributed by atoms with Crippen molar-refractivity contribution in [2.75, 3.05) is 6.61 Å². The van der Waals surface area contributed by atoms with Crippen LogP contribution in [0.25, 0.3) is 0 Å². The molecular weight excluding hydrogens is 276 g/mol. The van der Waals surface area contributed by atoms with Crippen molar-refractivity contribution in [3.8, 4) is 6.07 Å². The Morgan fingerprint density at radius 3 is 2.64 bits per heavy atom. The van der Waals surface area contributed by atoms with E-state index < -0.39 is 11.3 Å². The zero-order valence-corrected chi connectivity index (χ0v) is 13.9. The highest BCUT2D eigenvalue weighted by molar-refractivity contribution is 5.21. The van der Waals surface area contributed by atoms with Gasteiger partial charge in [-0.15, -0.1) is 0 Å². The molecule has 1 N–H and O–H groups in total. The monoisotopic (exact) mass is 302 g/mol. The standard InChI is InChI=1S/C18H26N2O2/c1-5-11-18(4,13-19)20-15-12-21-17(2,3)22-16(15)14-9-7-6-8-10-14/h6-10,15-16,20H,5,11-12H2,1-4H3/t15-,16-,18-/m0/s1. The summed E-state index contributed by atoms with van der Waals surface area (Å²) in [4.78, 5) is 0. The quantitative estimate of drug-likeness (QED) is 0.903. The lowest BCUT2D eigenvalue weighted by Gasteiger charge is -2.43. The second-order valence-electron chi connectivity index (χ2n) is 6.60. The average Bonchev–Trinajstić information content (AvgIpc) is 2.50. The predicted molar refractivity (Wildman–Crippen MR) is 86.1 cm³/mol. The predicted octanol–water partition coefficient (Wildman–Crippen LogP) is 3.55. The van der Waals surface area contributed by atoms with Gasteiger partial charge in [0.1, 0.15) is 11.6 Å². The van der Waals surface area contributed by atoms with Crippen LogP contribution in [0.3, 0.4) is 0 Å². The summed E-state index contributed by atoms with van der Waals surface area (Å²) in [6.45, 7) is 8.40. The summed E-state index contributed by atoms with van der Waals surface area (Å²) in [5.74, 6) is -0.619. The molecule has 1 aromatic carbocycles. The van der Waals surface area contributed by atoms with Gasteiger partial charge >= 0.3 is 0 Å². The van der Waals surface area contributed by atoms with Gasteiger partial charge in [0.15, 0.2) is 5.79 Å². The third-order valence-corrected chi connectivity index (χ3v) is 4.02. The highest BCUT2D eigenvalue weighted by Gasteiger charge is 2.40. The topological polar surface area (TPSA) is 54.3 Å². The molecule has 0 aliphatic carbocycles. The van der Waals surface area contributed by atoms with Gasteiger partial charge in [0.25, 0.3) is 0 Å². The van der Waals surface area contributed by atoms with Gasteiger partial charge in [-0.1, -0.05) is 43.7 Å². The number of hydrogen-bond acceptors (Lipinski definition) is 4. The zero-order valence-electron chi connectivity index (χ0n) is 13.9. The molecule has 4 heteroatoms. The summed E-state index contributed by atoms with van der Waals surface area (Å²) >= 11 is 0. The summed E-state index contributed by atoms with van der Waals surface area (Å²) in [6, 6.07) is 12.5. The Labute approximate surface area is 133 Å². The van der Waals surface area contributed by atoms with E-state index in [2.05, 4.69) is 30.4 Å². The lowest BCUT2D eigenvalue weighted by molar-refractivity contribution is -0.286. The minimum Gasteiger partial charge on any atom is -0.349 e. The van der Waals surface area contributed by atoms with Gasteiger partial charge in [0.05, 0.1) is 18.7 Å². The first-order valence-corrected chi connectivity index (χ1v) is 7.95. The van der Waals surface area contributed by atoms with Crippen LogP contribution in [0.5, 0.6) is 0 Å². The fourth-order valence-electron chi connectivity index (χ4n) is 2.93. The Kier molecular flexibility index (Phi) is 5.23. The minimum absolute atomic E-state index is 0.0494. The van der Waals surface area contributed by atoms with E-state index in [0.717, 1.165) is 18.4 Å². The van der Waals surface area contributed by atoms with Crippen molar-refractivity contribution >= 4 is 0 Å². The van der Waals surface area contributed by atoms with E-state index in [1.807, 2.05) is 39.0 Å². The maximum atomic E-state index is 9.51. The first kappa shape index (κ1) is 17.0. The number of nitriles is 1. The normalized spacial score (nSPS) is 26.9. The molecule has 0 aromatic heterocycles. The van der Waals surface area contributed by atoms with Crippen molar-refractivity contribution in [1.29, 1.82) is 5.26 Å². The van der Waals surface area contributed by atoms with Crippen molar-refractivity contribution in [2.45, 2.75) is 64.0 Å². The maximum Gasteiger partial charge on any atom is 0.163 e. The van der Waals surface area contributed by atoms with Crippen molar-refractivity contribution in [1.82, 2.24) is 5.32 Å². The van der Waals surface area contributed by atoms with Gasteiger partial charge in [-0.05, 0) is 32.8 Å². The van der Waals surface area contributed by atoms with Crippen LogP contribution in [0.2, 0.25) is 0 Å². The molecule has 22 heavy (non-hydrogen) atoms. The fraction of sp³-hybridized carbons (Fsp3) is 0.611. The number of rotatable bonds is 5. The first-order chi connectivity index (χ1) is 10.4. The van der Waals surface area contributed by atoms with Gasteiger partial charge in [-0.25, -0.2) is 0 Å². The first-order valence-electron chi connectivity index (χ1n) is 7.95. The fourth-order valence-corrected chi connectivity index (χ4v) is 2.93. The molecule has 0 unspecified atom stereocenters. The second-order valence-corrected chi connectivity index (χ2v) is 6.60. The Bertz CT molecular complexity index is 524. The van der Waals surface area contributed by atoms with Gasteiger partial charge in [0, 0.05) is 0 Å². The molecule has 1 aliphatic heterocycles. The lowest BCUT2D eigenvalue weighted by atomic mass is 9.93. The third-order valence-electron chi connectivity index (χ3n) is 4.02. The van der Waals surface area contributed by atoms with Crippen molar-refractivity contribution in [3.63, 3.8) is 0 Å². The second kappa shape index (κ2) is 6.78. The van der Waals surface area contributed by atoms with Gasteiger partial charge in [0.2, 0.25) is 0 Å². The van der Waals surface area contributed by atoms with Crippen LogP contribution in [0.15, 0.2) is 30.3 Å². The molecule has 1 aromatic rings. The SMILES string of the molecule is CCC[C@@](C)(C#N)N[C@H]1COC(C)(C)O[C@H]1c1ccccc1. The van der Waals surface area contributed by atoms with E-state index in [9.17, 15) is 5.26 Å². The molecule has 1 heterocycles. The van der Waals surface area contributed by atoms with Crippen molar-refractivity contribution in [2.24, 2.45) is 0 Å². The summed E-state index contributed by atoms with van der Waals surface area (Å²) in [5.41, 5.74) is 0.536. The van der Waals surface area contributed by atoms with E-state index in [0.29, 0.717) is 6.61 Å². The molecular formula is C18H26N2O2. The van der Waals surface area contributed by atoms with E-state index >= 15 is 0 Å². The molecule has 2 rings (SSSR count). The number of ether oxygens (including phenoxy) is 2. The maximum absolute atomic E-state index is 9.51. The summed E-state index contributed by atoms with van der Waals surface area (Å²) < 4.78 is 12.0. The molecule has 0 radical (unpaired) electrons. The highest BCUT2D eigenvalue weighted by Crippen LogP contribution is 2.34. The van der Waals surface area contributed by atoms with E-state index in [4.69, 9.17) is 9.47 Å². The zero-order chi connectivity index (χ0) is 16.2. The molecule has 0 saturated carbocycles. The molecule has 3 atom stereocenters. The van der Waals surface area contributed by atoms with E-state index in [-0.39, 0.29) is 12.1 Å². The van der Waals surface area contributed by atoms with E-state index in [1.165, 1.54) is 0 Å². The Balaban J connectivity index is 2.23. The molecule has 1 saturated heterocycles. The van der Waals surface area contributed by atoms with Gasteiger partial charge in [-0.2, -0.15) is 5.26 Å². The van der Waals surface area contributed by atoms with Crippen LogP contribution in [0.4, 0.5) is 0 Å². The molecule has 0 amide bonds. The van der Waals surface area contributed by atoms with Crippen LogP contribution in [0, 0.1) is 11.3 Å². The highest BCUT2D eigenvalue weighted by atomic mass is 16.7.